The van der Waals surface area contributed by atoms with Gasteiger partial charge in [-0.15, -0.1) is 10.2 Å². The zero-order valence-corrected chi connectivity index (χ0v) is 25.0. The molecule has 43 heavy (non-hydrogen) atoms. The van der Waals surface area contributed by atoms with E-state index < -0.39 is 17.5 Å². The first-order chi connectivity index (χ1) is 20.6. The summed E-state index contributed by atoms with van der Waals surface area (Å²) in [5.41, 5.74) is 3.20. The lowest BCUT2D eigenvalue weighted by Crippen LogP contribution is -2.50. The minimum absolute atomic E-state index is 0.248. The van der Waals surface area contributed by atoms with Crippen LogP contribution in [0.15, 0.2) is 85.1 Å². The van der Waals surface area contributed by atoms with E-state index in [4.69, 9.17) is 4.74 Å². The highest BCUT2D eigenvalue weighted by molar-refractivity contribution is 6.02. The minimum atomic E-state index is -1.02. The molecule has 0 saturated carbocycles. The molecule has 0 radical (unpaired) electrons. The van der Waals surface area contributed by atoms with Crippen molar-refractivity contribution in [3.63, 3.8) is 0 Å². The van der Waals surface area contributed by atoms with Crippen LogP contribution in [0.5, 0.6) is 5.75 Å². The summed E-state index contributed by atoms with van der Waals surface area (Å²) in [5.74, 6) is 0.320. The van der Waals surface area contributed by atoms with Crippen molar-refractivity contribution in [1.82, 2.24) is 30.5 Å². The Labute approximate surface area is 250 Å². The summed E-state index contributed by atoms with van der Waals surface area (Å²) >= 11 is 0. The Morgan fingerprint density at radius 3 is 2.42 bits per heavy atom. The zero-order valence-electron chi connectivity index (χ0n) is 25.0. The average Bonchev–Trinajstić information content (AvgIpc) is 3.44. The molecular formula is C33H35N7O3. The number of hydrogen-bond donors (Lipinski definition) is 1. The van der Waals surface area contributed by atoms with Crippen LogP contribution in [0.4, 0.5) is 5.69 Å². The molecule has 2 amide bonds. The normalized spacial score (nSPS) is 12.1. The summed E-state index contributed by atoms with van der Waals surface area (Å²) in [6.07, 6.45) is 1.61. The van der Waals surface area contributed by atoms with E-state index in [1.165, 1.54) is 9.70 Å². The van der Waals surface area contributed by atoms with Crippen LogP contribution in [0, 0.1) is 6.92 Å². The van der Waals surface area contributed by atoms with Crippen molar-refractivity contribution in [3.8, 4) is 17.1 Å². The monoisotopic (exact) mass is 577 g/mol. The van der Waals surface area contributed by atoms with Gasteiger partial charge in [0.15, 0.2) is 0 Å². The number of carbonyl (C=O) groups excluding carboxylic acids is 2. The number of para-hydroxylation sites is 1. The highest BCUT2D eigenvalue weighted by atomic mass is 16.5. The number of ether oxygens (including phenoxy) is 1. The van der Waals surface area contributed by atoms with Gasteiger partial charge in [0.05, 0.1) is 24.0 Å². The third kappa shape index (κ3) is 7.03. The topological polar surface area (TPSA) is 115 Å². The average molecular weight is 578 g/mol. The fourth-order valence-electron chi connectivity index (χ4n) is 4.72. The fraction of sp³-hybridized carbons (Fsp3) is 0.273. The fourth-order valence-corrected chi connectivity index (χ4v) is 4.72. The maximum absolute atomic E-state index is 14.3. The zero-order chi connectivity index (χ0) is 30.6. The van der Waals surface area contributed by atoms with Gasteiger partial charge in [0.25, 0.3) is 5.91 Å². The van der Waals surface area contributed by atoms with Crippen molar-refractivity contribution in [3.05, 3.63) is 96.2 Å². The van der Waals surface area contributed by atoms with Gasteiger partial charge in [-0.2, -0.15) is 4.80 Å². The number of pyridine rings is 1. The molecule has 2 heterocycles. The van der Waals surface area contributed by atoms with E-state index in [9.17, 15) is 9.59 Å². The van der Waals surface area contributed by atoms with Gasteiger partial charge in [0.2, 0.25) is 11.7 Å². The molecule has 0 aliphatic rings. The molecule has 0 spiro atoms. The number of benzene rings is 3. The first-order valence-corrected chi connectivity index (χ1v) is 14.2. The van der Waals surface area contributed by atoms with Crippen molar-refractivity contribution in [2.24, 2.45) is 0 Å². The van der Waals surface area contributed by atoms with E-state index in [1.807, 2.05) is 89.2 Å². The van der Waals surface area contributed by atoms with Gasteiger partial charge in [0.1, 0.15) is 18.3 Å². The van der Waals surface area contributed by atoms with E-state index in [0.29, 0.717) is 29.4 Å². The number of tetrazole rings is 1. The Bertz CT molecular complexity index is 1720. The molecule has 0 aliphatic carbocycles. The molecule has 1 atom stereocenters. The molecule has 5 aromatic rings. The lowest BCUT2D eigenvalue weighted by atomic mass is 10.0. The van der Waals surface area contributed by atoms with Crippen LogP contribution in [0.1, 0.15) is 44.9 Å². The molecule has 3 aromatic carbocycles. The van der Waals surface area contributed by atoms with Gasteiger partial charge in [-0.05, 0) is 69.7 Å². The molecule has 2 aromatic heterocycles. The Balaban J connectivity index is 1.58. The number of anilines is 1. The van der Waals surface area contributed by atoms with E-state index in [1.54, 1.807) is 30.5 Å². The van der Waals surface area contributed by atoms with Crippen molar-refractivity contribution in [1.29, 1.82) is 0 Å². The van der Waals surface area contributed by atoms with Gasteiger partial charge in [-0.25, -0.2) is 0 Å². The number of aryl methyl sites for hydroxylation is 1. The molecule has 0 aliphatic heterocycles. The number of nitrogens with zero attached hydrogens (tertiary/aromatic N) is 6. The lowest BCUT2D eigenvalue weighted by Gasteiger charge is -2.33. The van der Waals surface area contributed by atoms with Crippen molar-refractivity contribution < 1.29 is 14.3 Å². The van der Waals surface area contributed by atoms with Gasteiger partial charge in [-0.3, -0.25) is 19.5 Å². The predicted molar refractivity (Wildman–Crippen MR) is 165 cm³/mol. The second-order valence-electron chi connectivity index (χ2n) is 11.3. The molecule has 220 valence electrons. The molecule has 0 saturated heterocycles. The quantitative estimate of drug-likeness (QED) is 0.253. The molecule has 10 heteroatoms. The van der Waals surface area contributed by atoms with Gasteiger partial charge < -0.3 is 10.1 Å². The van der Waals surface area contributed by atoms with Crippen LogP contribution >= 0.6 is 0 Å². The SMILES string of the molecule is CCOc1ccc([C@@H](C(=O)NC(C)(C)C)N(C(=O)Cn2nnc(-c3ccc(C)cc3)n2)c2cnc3ccccc3c2)cc1. The van der Waals surface area contributed by atoms with Crippen molar-refractivity contribution in [2.45, 2.75) is 52.7 Å². The third-order valence-electron chi connectivity index (χ3n) is 6.67. The van der Waals surface area contributed by atoms with Crippen LogP contribution in [0.3, 0.4) is 0 Å². The Kier molecular flexibility index (Phi) is 8.47. The van der Waals surface area contributed by atoms with E-state index >= 15 is 0 Å². The smallest absolute Gasteiger partial charge is 0.251 e. The maximum atomic E-state index is 14.3. The maximum Gasteiger partial charge on any atom is 0.251 e. The summed E-state index contributed by atoms with van der Waals surface area (Å²) in [6, 6.07) is 23.4. The Morgan fingerprint density at radius 1 is 1.00 bits per heavy atom. The summed E-state index contributed by atoms with van der Waals surface area (Å²) in [4.78, 5) is 35.6. The minimum Gasteiger partial charge on any atom is -0.494 e. The first kappa shape index (κ1) is 29.4. The highest BCUT2D eigenvalue weighted by Gasteiger charge is 2.35. The largest absolute Gasteiger partial charge is 0.494 e. The van der Waals surface area contributed by atoms with E-state index in [-0.39, 0.29) is 12.5 Å². The molecule has 0 unspecified atom stereocenters. The molecule has 0 bridgehead atoms. The molecule has 10 nitrogen and oxygen atoms in total. The van der Waals surface area contributed by atoms with Crippen molar-refractivity contribution in [2.75, 3.05) is 11.5 Å². The summed E-state index contributed by atoms with van der Waals surface area (Å²) in [6.45, 7) is 9.86. The van der Waals surface area contributed by atoms with Gasteiger partial charge >= 0.3 is 0 Å². The summed E-state index contributed by atoms with van der Waals surface area (Å²) in [5, 5.41) is 16.7. The first-order valence-electron chi connectivity index (χ1n) is 14.2. The van der Waals surface area contributed by atoms with Crippen LogP contribution in [0.2, 0.25) is 0 Å². The Hall–Kier alpha value is -5.12. The number of carbonyl (C=O) groups is 2. The summed E-state index contributed by atoms with van der Waals surface area (Å²) < 4.78 is 5.63. The molecular weight excluding hydrogens is 542 g/mol. The standard InChI is InChI=1S/C33H35N7O3/c1-6-43-27-17-15-23(16-18-27)30(32(42)35-33(3,4)5)40(26-19-25-9-7-8-10-28(25)34-20-26)29(41)21-39-37-31(36-38-39)24-13-11-22(2)12-14-24/h7-20,30H,6,21H2,1-5H3,(H,35,42)/t30-/m0/s1. The third-order valence-corrected chi connectivity index (χ3v) is 6.67. The number of aromatic nitrogens is 5. The molecule has 0 fully saturated rings. The number of fused-ring (bicyclic) bond motifs is 1. The van der Waals surface area contributed by atoms with Crippen molar-refractivity contribution >= 4 is 28.4 Å². The number of hydrogen-bond acceptors (Lipinski definition) is 7. The predicted octanol–water partition coefficient (Wildman–Crippen LogP) is 5.28. The van der Waals surface area contributed by atoms with Gasteiger partial charge in [0, 0.05) is 16.5 Å². The second-order valence-corrected chi connectivity index (χ2v) is 11.3. The van der Waals surface area contributed by atoms with E-state index in [2.05, 4.69) is 25.7 Å². The number of rotatable bonds is 9. The number of amides is 2. The van der Waals surface area contributed by atoms with Crippen LogP contribution in [-0.4, -0.2) is 49.2 Å². The number of nitrogens with one attached hydrogen (secondary N) is 1. The lowest BCUT2D eigenvalue weighted by molar-refractivity contribution is -0.128. The van der Waals surface area contributed by atoms with Crippen LogP contribution < -0.4 is 15.0 Å². The highest BCUT2D eigenvalue weighted by Crippen LogP contribution is 2.31. The van der Waals surface area contributed by atoms with Gasteiger partial charge in [-0.1, -0.05) is 60.2 Å². The second kappa shape index (κ2) is 12.4. The van der Waals surface area contributed by atoms with Crippen LogP contribution in [0.25, 0.3) is 22.3 Å². The Morgan fingerprint density at radius 2 is 1.72 bits per heavy atom. The molecule has 5 rings (SSSR count). The summed E-state index contributed by atoms with van der Waals surface area (Å²) in [7, 11) is 0. The molecule has 1 N–H and O–H groups in total. The van der Waals surface area contributed by atoms with E-state index in [0.717, 1.165) is 22.0 Å². The van der Waals surface area contributed by atoms with Crippen LogP contribution in [-0.2, 0) is 16.1 Å².